The van der Waals surface area contributed by atoms with E-state index < -0.39 is 0 Å². The number of amides is 1. The summed E-state index contributed by atoms with van der Waals surface area (Å²) in [6.07, 6.45) is 4.83. The van der Waals surface area contributed by atoms with E-state index in [0.29, 0.717) is 16.3 Å². The fraction of sp³-hybridized carbons (Fsp3) is 0.304. The lowest BCUT2D eigenvalue weighted by Gasteiger charge is -2.32. The molecule has 0 bridgehead atoms. The SMILES string of the molecule is O=C(Cn1ccc(=O)c2cc(Cl)ccc21)N1CCC(Cc2ccccc2)CC1. The molecule has 0 unspecified atom stereocenters. The van der Waals surface area contributed by atoms with Gasteiger partial charge in [-0.15, -0.1) is 0 Å². The van der Waals surface area contributed by atoms with Crippen LogP contribution in [0.3, 0.4) is 0 Å². The van der Waals surface area contributed by atoms with Gasteiger partial charge in [0, 0.05) is 35.8 Å². The number of halogens is 1. The molecule has 1 aromatic heterocycles. The van der Waals surface area contributed by atoms with Crippen LogP contribution in [0.25, 0.3) is 10.9 Å². The first-order valence-electron chi connectivity index (χ1n) is 9.70. The summed E-state index contributed by atoms with van der Waals surface area (Å²) in [5, 5.41) is 1.07. The number of aromatic nitrogens is 1. The van der Waals surface area contributed by atoms with Crippen LogP contribution in [-0.2, 0) is 17.8 Å². The van der Waals surface area contributed by atoms with Crippen molar-refractivity contribution in [2.75, 3.05) is 13.1 Å². The quantitative estimate of drug-likeness (QED) is 0.667. The first-order valence-corrected chi connectivity index (χ1v) is 10.1. The summed E-state index contributed by atoms with van der Waals surface area (Å²) in [6.45, 7) is 1.82. The first-order chi connectivity index (χ1) is 13.6. The number of carbonyl (C=O) groups excluding carboxylic acids is 1. The van der Waals surface area contributed by atoms with Crippen molar-refractivity contribution in [1.82, 2.24) is 9.47 Å². The Morgan fingerprint density at radius 1 is 1.04 bits per heavy atom. The van der Waals surface area contributed by atoms with Gasteiger partial charge in [0.15, 0.2) is 5.43 Å². The van der Waals surface area contributed by atoms with Crippen molar-refractivity contribution < 1.29 is 4.79 Å². The molecule has 0 N–H and O–H groups in total. The van der Waals surface area contributed by atoms with Crippen LogP contribution in [0.15, 0.2) is 65.6 Å². The summed E-state index contributed by atoms with van der Waals surface area (Å²) in [7, 11) is 0. The van der Waals surface area contributed by atoms with Crippen molar-refractivity contribution in [3.05, 3.63) is 81.6 Å². The van der Waals surface area contributed by atoms with E-state index >= 15 is 0 Å². The molecule has 0 saturated carbocycles. The average Bonchev–Trinajstić information content (AvgIpc) is 2.71. The number of rotatable bonds is 4. The summed E-state index contributed by atoms with van der Waals surface area (Å²) in [5.74, 6) is 0.722. The van der Waals surface area contributed by atoms with Crippen LogP contribution in [0.4, 0.5) is 0 Å². The normalized spacial score (nSPS) is 15.1. The second-order valence-corrected chi connectivity index (χ2v) is 7.92. The van der Waals surface area contributed by atoms with Gasteiger partial charge in [0.2, 0.25) is 5.91 Å². The number of carbonyl (C=O) groups is 1. The summed E-state index contributed by atoms with van der Waals surface area (Å²) in [5.41, 5.74) is 2.03. The highest BCUT2D eigenvalue weighted by Gasteiger charge is 2.23. The molecule has 1 aliphatic rings. The van der Waals surface area contributed by atoms with Gasteiger partial charge < -0.3 is 9.47 Å². The van der Waals surface area contributed by atoms with Crippen molar-refractivity contribution in [2.45, 2.75) is 25.8 Å². The molecule has 0 spiro atoms. The molecule has 144 valence electrons. The number of fused-ring (bicyclic) bond motifs is 1. The average molecular weight is 395 g/mol. The van der Waals surface area contributed by atoms with Crippen LogP contribution in [-0.4, -0.2) is 28.5 Å². The minimum atomic E-state index is -0.0806. The Labute approximate surface area is 169 Å². The Morgan fingerprint density at radius 3 is 2.54 bits per heavy atom. The van der Waals surface area contributed by atoms with E-state index in [-0.39, 0.29) is 17.9 Å². The topological polar surface area (TPSA) is 42.3 Å². The van der Waals surface area contributed by atoms with Crippen LogP contribution in [0.5, 0.6) is 0 Å². The second kappa shape index (κ2) is 8.19. The highest BCUT2D eigenvalue weighted by Crippen LogP contribution is 2.22. The molecule has 0 atom stereocenters. The van der Waals surface area contributed by atoms with Crippen LogP contribution in [0.2, 0.25) is 5.02 Å². The monoisotopic (exact) mass is 394 g/mol. The van der Waals surface area contributed by atoms with Gasteiger partial charge in [0.1, 0.15) is 6.54 Å². The maximum atomic E-state index is 12.8. The molecule has 0 radical (unpaired) electrons. The lowest BCUT2D eigenvalue weighted by atomic mass is 9.90. The smallest absolute Gasteiger partial charge is 0.242 e. The van der Waals surface area contributed by atoms with Gasteiger partial charge >= 0.3 is 0 Å². The highest BCUT2D eigenvalue weighted by molar-refractivity contribution is 6.31. The van der Waals surface area contributed by atoms with Gasteiger partial charge in [-0.25, -0.2) is 0 Å². The molecular formula is C23H23ClN2O2. The highest BCUT2D eigenvalue weighted by atomic mass is 35.5. The molecule has 4 rings (SSSR count). The Morgan fingerprint density at radius 2 is 1.79 bits per heavy atom. The van der Waals surface area contributed by atoms with E-state index in [1.54, 1.807) is 24.4 Å². The number of benzene rings is 2. The van der Waals surface area contributed by atoms with Gasteiger partial charge in [0.25, 0.3) is 0 Å². The van der Waals surface area contributed by atoms with Crippen LogP contribution in [0.1, 0.15) is 18.4 Å². The standard InChI is InChI=1S/C23H23ClN2O2/c24-19-6-7-21-20(15-19)22(27)10-13-26(21)16-23(28)25-11-8-18(9-12-25)14-17-4-2-1-3-5-17/h1-7,10,13,15,18H,8-9,11-12,14,16H2. The predicted molar refractivity (Wildman–Crippen MR) is 113 cm³/mol. The van der Waals surface area contributed by atoms with Crippen molar-refractivity contribution in [2.24, 2.45) is 5.92 Å². The lowest BCUT2D eigenvalue weighted by Crippen LogP contribution is -2.40. The molecule has 2 heterocycles. The second-order valence-electron chi connectivity index (χ2n) is 7.48. The Balaban J connectivity index is 1.41. The van der Waals surface area contributed by atoms with Crippen molar-refractivity contribution in [3.8, 4) is 0 Å². The number of hydrogen-bond donors (Lipinski definition) is 0. The molecule has 5 heteroatoms. The maximum absolute atomic E-state index is 12.8. The van der Waals surface area contributed by atoms with Crippen LogP contribution in [0, 0.1) is 5.92 Å². The molecular weight excluding hydrogens is 372 g/mol. The minimum absolute atomic E-state index is 0.0806. The van der Waals surface area contributed by atoms with Gasteiger partial charge in [0.05, 0.1) is 5.52 Å². The van der Waals surface area contributed by atoms with E-state index in [1.807, 2.05) is 15.5 Å². The van der Waals surface area contributed by atoms with Gasteiger partial charge in [-0.2, -0.15) is 0 Å². The molecule has 3 aromatic rings. The van der Waals surface area contributed by atoms with E-state index in [2.05, 4.69) is 24.3 Å². The van der Waals surface area contributed by atoms with Crippen LogP contribution >= 0.6 is 11.6 Å². The third-order valence-electron chi connectivity index (χ3n) is 5.58. The molecule has 0 aliphatic carbocycles. The summed E-state index contributed by atoms with van der Waals surface area (Å²) in [6, 6.07) is 17.3. The fourth-order valence-electron chi connectivity index (χ4n) is 4.00. The van der Waals surface area contributed by atoms with E-state index in [1.165, 1.54) is 11.6 Å². The molecule has 1 amide bonds. The molecule has 1 saturated heterocycles. The molecule has 1 aliphatic heterocycles. The van der Waals surface area contributed by atoms with Gasteiger partial charge in [-0.05, 0) is 48.9 Å². The zero-order valence-electron chi connectivity index (χ0n) is 15.7. The first kappa shape index (κ1) is 18.8. The summed E-state index contributed by atoms with van der Waals surface area (Å²) >= 11 is 6.02. The third-order valence-corrected chi connectivity index (χ3v) is 5.81. The van der Waals surface area contributed by atoms with Crippen molar-refractivity contribution >= 4 is 28.4 Å². The zero-order chi connectivity index (χ0) is 19.5. The van der Waals surface area contributed by atoms with Crippen LogP contribution < -0.4 is 5.43 Å². The molecule has 28 heavy (non-hydrogen) atoms. The maximum Gasteiger partial charge on any atom is 0.242 e. The zero-order valence-corrected chi connectivity index (χ0v) is 16.4. The molecule has 1 fully saturated rings. The Bertz CT molecular complexity index is 1040. The number of nitrogens with zero attached hydrogens (tertiary/aromatic N) is 2. The van der Waals surface area contributed by atoms with Crippen molar-refractivity contribution in [3.63, 3.8) is 0 Å². The predicted octanol–water partition coefficient (Wildman–Crippen LogP) is 4.14. The van der Waals surface area contributed by atoms with E-state index in [0.717, 1.165) is 37.9 Å². The molecule has 2 aromatic carbocycles. The summed E-state index contributed by atoms with van der Waals surface area (Å²) < 4.78 is 1.84. The Kier molecular flexibility index (Phi) is 5.49. The third kappa shape index (κ3) is 4.12. The molecule has 4 nitrogen and oxygen atoms in total. The van der Waals surface area contributed by atoms with E-state index in [4.69, 9.17) is 11.6 Å². The van der Waals surface area contributed by atoms with Crippen molar-refractivity contribution in [1.29, 1.82) is 0 Å². The van der Waals surface area contributed by atoms with Gasteiger partial charge in [-0.1, -0.05) is 41.9 Å². The number of likely N-dealkylation sites (tertiary alicyclic amines) is 1. The number of pyridine rings is 1. The van der Waals surface area contributed by atoms with E-state index in [9.17, 15) is 9.59 Å². The fourth-order valence-corrected chi connectivity index (χ4v) is 4.17. The minimum Gasteiger partial charge on any atom is -0.341 e. The summed E-state index contributed by atoms with van der Waals surface area (Å²) in [4.78, 5) is 26.9. The van der Waals surface area contributed by atoms with Gasteiger partial charge in [-0.3, -0.25) is 9.59 Å². The Hall–Kier alpha value is -2.59. The number of piperidine rings is 1. The number of hydrogen-bond acceptors (Lipinski definition) is 2. The lowest BCUT2D eigenvalue weighted by molar-refractivity contribution is -0.133. The largest absolute Gasteiger partial charge is 0.341 e.